The Kier molecular flexibility index (Phi) is 5.35. The molecule has 33 heavy (non-hydrogen) atoms. The number of ether oxygens (including phenoxy) is 1. The molecule has 172 valence electrons. The molecule has 2 bridgehead atoms. The number of allylic oxidation sites excluding steroid dienone is 1. The highest BCUT2D eigenvalue weighted by molar-refractivity contribution is 7.13. The number of alkyl halides is 3. The number of rotatable bonds is 5. The molecule has 1 N–H and O–H groups in total. The predicted molar refractivity (Wildman–Crippen MR) is 118 cm³/mol. The van der Waals surface area contributed by atoms with Crippen LogP contribution in [0.3, 0.4) is 0 Å². The van der Waals surface area contributed by atoms with Crippen LogP contribution in [-0.4, -0.2) is 27.8 Å². The molecule has 2 aromatic heterocycles. The average Bonchev–Trinajstić information content (AvgIpc) is 3.45. The van der Waals surface area contributed by atoms with Crippen LogP contribution in [0.15, 0.2) is 28.1 Å². The van der Waals surface area contributed by atoms with E-state index in [2.05, 4.69) is 14.7 Å². The van der Waals surface area contributed by atoms with Gasteiger partial charge >= 0.3 is 6.36 Å². The van der Waals surface area contributed by atoms with E-state index in [0.717, 1.165) is 31.4 Å². The van der Waals surface area contributed by atoms with Gasteiger partial charge in [-0.3, -0.25) is 4.79 Å². The topological polar surface area (TPSA) is 89.1 Å². The Balaban J connectivity index is 1.58. The Labute approximate surface area is 191 Å². The molecule has 2 aliphatic carbocycles. The summed E-state index contributed by atoms with van der Waals surface area (Å²) in [6.45, 7) is 1.17. The predicted octanol–water partition coefficient (Wildman–Crippen LogP) is 6.52. The molecule has 1 aromatic carbocycles. The molecule has 0 amide bonds. The van der Waals surface area contributed by atoms with Crippen molar-refractivity contribution in [2.24, 2.45) is 17.8 Å². The maximum absolute atomic E-state index is 13.2. The van der Waals surface area contributed by atoms with Crippen molar-refractivity contribution in [2.75, 3.05) is 0 Å². The molecule has 6 nitrogen and oxygen atoms in total. The monoisotopic (exact) mass is 475 g/mol. The molecule has 3 aromatic rings. The molecule has 10 heteroatoms. The summed E-state index contributed by atoms with van der Waals surface area (Å²) >= 11 is 1.27. The summed E-state index contributed by atoms with van der Waals surface area (Å²) in [7, 11) is 0. The Morgan fingerprint density at radius 2 is 2.03 bits per heavy atom. The number of carbonyl (C=O) groups excluding carboxylic acids is 1. The highest BCUT2D eigenvalue weighted by Crippen LogP contribution is 2.44. The van der Waals surface area contributed by atoms with E-state index in [9.17, 15) is 18.0 Å². The van der Waals surface area contributed by atoms with Crippen LogP contribution in [0.2, 0.25) is 0 Å². The van der Waals surface area contributed by atoms with E-state index in [1.165, 1.54) is 24.3 Å². The summed E-state index contributed by atoms with van der Waals surface area (Å²) in [5, 5.41) is 10.4. The maximum Gasteiger partial charge on any atom is 0.573 e. The van der Waals surface area contributed by atoms with E-state index in [1.54, 1.807) is 17.7 Å². The van der Waals surface area contributed by atoms with Gasteiger partial charge in [-0.05, 0) is 62.5 Å². The van der Waals surface area contributed by atoms with Gasteiger partial charge in [-0.15, -0.1) is 24.5 Å². The third-order valence-electron chi connectivity index (χ3n) is 6.33. The number of ketones is 1. The van der Waals surface area contributed by atoms with Crippen molar-refractivity contribution in [3.63, 3.8) is 0 Å². The number of oxazole rings is 1. The van der Waals surface area contributed by atoms with Gasteiger partial charge in [-0.2, -0.15) is 0 Å². The SMILES string of the molecule is CC(=O)c1cc(-c2nccs2)c2oc(/C=C/C3CC4CCC(C3)C4=N)nc2c1OC(F)(F)F. The normalized spacial score (nSPS) is 23.0. The van der Waals surface area contributed by atoms with Gasteiger partial charge in [0.05, 0.1) is 11.1 Å². The van der Waals surface area contributed by atoms with Crippen molar-refractivity contribution in [1.82, 2.24) is 9.97 Å². The number of thiazole rings is 1. The van der Waals surface area contributed by atoms with Crippen molar-refractivity contribution in [3.05, 3.63) is 35.2 Å². The average molecular weight is 475 g/mol. The van der Waals surface area contributed by atoms with E-state index in [1.807, 2.05) is 6.08 Å². The van der Waals surface area contributed by atoms with Crippen molar-refractivity contribution in [1.29, 1.82) is 5.41 Å². The number of nitrogens with one attached hydrogen (secondary N) is 1. The quantitative estimate of drug-likeness (QED) is 0.424. The fourth-order valence-corrected chi connectivity index (χ4v) is 5.53. The van der Waals surface area contributed by atoms with Crippen molar-refractivity contribution in [2.45, 2.75) is 39.0 Å². The number of hydrogen-bond donors (Lipinski definition) is 1. The van der Waals surface area contributed by atoms with Crippen LogP contribution in [0.1, 0.15) is 48.9 Å². The number of carbonyl (C=O) groups is 1. The Morgan fingerprint density at radius 3 is 2.64 bits per heavy atom. The Morgan fingerprint density at radius 1 is 1.30 bits per heavy atom. The van der Waals surface area contributed by atoms with Gasteiger partial charge in [0.25, 0.3) is 0 Å². The highest BCUT2D eigenvalue weighted by Gasteiger charge is 2.38. The zero-order valence-electron chi connectivity index (χ0n) is 17.6. The lowest BCUT2D eigenvalue weighted by atomic mass is 9.79. The molecule has 0 radical (unpaired) electrons. The first-order valence-electron chi connectivity index (χ1n) is 10.6. The van der Waals surface area contributed by atoms with Crippen LogP contribution in [0.4, 0.5) is 13.2 Å². The van der Waals surface area contributed by atoms with Gasteiger partial charge < -0.3 is 14.6 Å². The van der Waals surface area contributed by atoms with Crippen molar-refractivity contribution in [3.8, 4) is 16.3 Å². The highest BCUT2D eigenvalue weighted by atomic mass is 32.1. The number of halogens is 3. The number of fused-ring (bicyclic) bond motifs is 3. The summed E-state index contributed by atoms with van der Waals surface area (Å²) in [6.07, 6.45) is 4.03. The second kappa shape index (κ2) is 8.09. The molecular weight excluding hydrogens is 455 g/mol. The van der Waals surface area contributed by atoms with Crippen LogP contribution < -0.4 is 4.74 Å². The lowest BCUT2D eigenvalue weighted by Crippen LogP contribution is -2.24. The molecule has 2 fully saturated rings. The third kappa shape index (κ3) is 4.19. The first kappa shape index (κ1) is 21.8. The summed E-state index contributed by atoms with van der Waals surface area (Å²) in [5.41, 5.74) is 0.905. The Bertz CT molecular complexity index is 1250. The van der Waals surface area contributed by atoms with E-state index in [-0.39, 0.29) is 28.5 Å². The van der Waals surface area contributed by atoms with Gasteiger partial charge in [0.1, 0.15) is 5.01 Å². The van der Waals surface area contributed by atoms with Gasteiger partial charge in [0, 0.05) is 17.3 Å². The zero-order valence-corrected chi connectivity index (χ0v) is 18.4. The molecule has 2 heterocycles. The molecule has 2 unspecified atom stereocenters. The second-order valence-electron chi connectivity index (χ2n) is 8.49. The lowest BCUT2D eigenvalue weighted by molar-refractivity contribution is -0.274. The standard InChI is InChI=1S/C23H20F3N3O3S/c1-11(30)15-10-16(22-28-6-7-33-22)20-19(21(15)32-23(24,25)26)29-17(31-20)5-2-12-8-13-3-4-14(9-12)18(13)27/h2,5-7,10,12-14,27H,3-4,8-9H2,1H3/b5-2+,27-18?. The first-order chi connectivity index (χ1) is 15.7. The number of aromatic nitrogens is 2. The van der Waals surface area contributed by atoms with Gasteiger partial charge in [0.15, 0.2) is 22.6 Å². The second-order valence-corrected chi connectivity index (χ2v) is 9.38. The van der Waals surface area contributed by atoms with E-state index < -0.39 is 17.9 Å². The minimum atomic E-state index is -5.00. The lowest BCUT2D eigenvalue weighted by Gasteiger charge is -2.26. The number of Topliss-reactive ketones (excluding diaryl/α,β-unsaturated/α-hetero) is 1. The largest absolute Gasteiger partial charge is 0.573 e. The van der Waals surface area contributed by atoms with Crippen molar-refractivity contribution < 1.29 is 27.1 Å². The van der Waals surface area contributed by atoms with Crippen LogP contribution >= 0.6 is 11.3 Å². The molecule has 0 spiro atoms. The molecule has 0 saturated heterocycles. The number of nitrogens with zero attached hydrogens (tertiary/aromatic N) is 2. The van der Waals surface area contributed by atoms with Gasteiger partial charge in [-0.1, -0.05) is 6.08 Å². The number of benzene rings is 1. The molecule has 2 aliphatic rings. The van der Waals surface area contributed by atoms with Crippen LogP contribution in [0, 0.1) is 23.2 Å². The van der Waals surface area contributed by atoms with Crippen LogP contribution in [-0.2, 0) is 0 Å². The molecule has 5 rings (SSSR count). The molecule has 2 atom stereocenters. The minimum Gasteiger partial charge on any atom is -0.436 e. The summed E-state index contributed by atoms with van der Waals surface area (Å²) in [4.78, 5) is 20.7. The fourth-order valence-electron chi connectivity index (χ4n) is 4.88. The van der Waals surface area contributed by atoms with Crippen LogP contribution in [0.5, 0.6) is 5.75 Å². The fraction of sp³-hybridized carbons (Fsp3) is 0.391. The van der Waals surface area contributed by atoms with E-state index in [0.29, 0.717) is 22.4 Å². The minimum absolute atomic E-state index is 0.0827. The molecular formula is C23H20F3N3O3S. The van der Waals surface area contributed by atoms with E-state index >= 15 is 0 Å². The van der Waals surface area contributed by atoms with Crippen LogP contribution in [0.25, 0.3) is 27.7 Å². The molecule has 0 aliphatic heterocycles. The Hall–Kier alpha value is -3.01. The van der Waals surface area contributed by atoms with Crippen molar-refractivity contribution >= 4 is 40.0 Å². The summed E-state index contributed by atoms with van der Waals surface area (Å²) in [5.74, 6) is -0.258. The summed E-state index contributed by atoms with van der Waals surface area (Å²) < 4.78 is 49.6. The summed E-state index contributed by atoms with van der Waals surface area (Å²) in [6, 6.07) is 1.31. The van der Waals surface area contributed by atoms with Gasteiger partial charge in [0.2, 0.25) is 5.89 Å². The van der Waals surface area contributed by atoms with E-state index in [4.69, 9.17) is 9.83 Å². The number of hydrogen-bond acceptors (Lipinski definition) is 7. The first-order valence-corrected chi connectivity index (χ1v) is 11.5. The third-order valence-corrected chi connectivity index (χ3v) is 7.13. The van der Waals surface area contributed by atoms with Gasteiger partial charge in [-0.25, -0.2) is 9.97 Å². The smallest absolute Gasteiger partial charge is 0.436 e. The molecule has 2 saturated carbocycles. The maximum atomic E-state index is 13.2. The zero-order chi connectivity index (χ0) is 23.3.